The van der Waals surface area contributed by atoms with Crippen LogP contribution in [0.1, 0.15) is 12.8 Å². The van der Waals surface area contributed by atoms with Crippen LogP contribution in [0.3, 0.4) is 0 Å². The molecule has 0 aromatic rings. The third kappa shape index (κ3) is 7.17. The molecule has 16 heavy (non-hydrogen) atoms. The van der Waals surface area contributed by atoms with Gasteiger partial charge in [-0.3, -0.25) is 0 Å². The van der Waals surface area contributed by atoms with Gasteiger partial charge in [-0.1, -0.05) is 0 Å². The lowest BCUT2D eigenvalue weighted by molar-refractivity contribution is 0.275. The normalized spacial score (nSPS) is 25.1. The first-order chi connectivity index (χ1) is 7.79. The summed E-state index contributed by atoms with van der Waals surface area (Å²) in [7, 11) is 4.43. The smallest absolute Gasteiger partial charge is 0.0104 e. The number of hydrogen-bond donors (Lipinski definition) is 2. The van der Waals surface area contributed by atoms with E-state index in [1.165, 1.54) is 25.9 Å². The molecule has 1 fully saturated rings. The van der Waals surface area contributed by atoms with E-state index < -0.39 is 0 Å². The third-order valence-electron chi connectivity index (χ3n) is 3.13. The van der Waals surface area contributed by atoms with E-state index in [0.717, 1.165) is 39.3 Å². The molecule has 0 atom stereocenters. The van der Waals surface area contributed by atoms with Gasteiger partial charge >= 0.3 is 0 Å². The van der Waals surface area contributed by atoms with Crippen LogP contribution in [-0.4, -0.2) is 76.3 Å². The Morgan fingerprint density at radius 2 is 1.12 bits per heavy atom. The fourth-order valence-electron chi connectivity index (χ4n) is 1.96. The standard InChI is InChI=1S/C12H28N4/c1-15-9-4-10-16(2)12-8-14-6-3-5-13-7-11-15/h13-14H,3-12H2,1-2H3. The van der Waals surface area contributed by atoms with Crippen molar-refractivity contribution >= 4 is 0 Å². The molecule has 4 nitrogen and oxygen atoms in total. The molecule has 1 saturated heterocycles. The highest BCUT2D eigenvalue weighted by molar-refractivity contribution is 4.61. The van der Waals surface area contributed by atoms with Crippen LogP contribution in [0.2, 0.25) is 0 Å². The van der Waals surface area contributed by atoms with E-state index in [1.54, 1.807) is 0 Å². The highest BCUT2D eigenvalue weighted by atomic mass is 15.1. The van der Waals surface area contributed by atoms with Crippen molar-refractivity contribution in [2.45, 2.75) is 12.8 Å². The first kappa shape index (κ1) is 13.9. The first-order valence-electron chi connectivity index (χ1n) is 6.57. The Bertz CT molecular complexity index is 147. The van der Waals surface area contributed by atoms with Crippen molar-refractivity contribution < 1.29 is 0 Å². The zero-order valence-electron chi connectivity index (χ0n) is 11.0. The van der Waals surface area contributed by atoms with Gasteiger partial charge in [0, 0.05) is 26.2 Å². The van der Waals surface area contributed by atoms with Crippen molar-refractivity contribution in [3.8, 4) is 0 Å². The fraction of sp³-hybridized carbons (Fsp3) is 1.00. The lowest BCUT2D eigenvalue weighted by atomic mass is 10.3. The van der Waals surface area contributed by atoms with Crippen LogP contribution < -0.4 is 10.6 Å². The van der Waals surface area contributed by atoms with Crippen molar-refractivity contribution in [3.63, 3.8) is 0 Å². The van der Waals surface area contributed by atoms with Crippen molar-refractivity contribution in [2.24, 2.45) is 0 Å². The molecule has 0 saturated carbocycles. The molecular weight excluding hydrogens is 200 g/mol. The SMILES string of the molecule is CN1CCCN(C)CCNCCCNCC1. The second-order valence-electron chi connectivity index (χ2n) is 4.81. The molecule has 1 aliphatic heterocycles. The van der Waals surface area contributed by atoms with Crippen molar-refractivity contribution in [1.29, 1.82) is 0 Å². The summed E-state index contributed by atoms with van der Waals surface area (Å²) >= 11 is 0. The number of likely N-dealkylation sites (N-methyl/N-ethyl adjacent to an activating group) is 2. The molecule has 0 unspecified atom stereocenters. The second kappa shape index (κ2) is 8.93. The van der Waals surface area contributed by atoms with Crippen molar-refractivity contribution in [3.05, 3.63) is 0 Å². The lowest BCUT2D eigenvalue weighted by Crippen LogP contribution is -2.35. The summed E-state index contributed by atoms with van der Waals surface area (Å²) in [5.74, 6) is 0. The van der Waals surface area contributed by atoms with Gasteiger partial charge in [0.25, 0.3) is 0 Å². The average Bonchev–Trinajstić information content (AvgIpc) is 2.26. The highest BCUT2D eigenvalue weighted by Gasteiger charge is 2.02. The Balaban J connectivity index is 2.19. The molecule has 4 heteroatoms. The van der Waals surface area contributed by atoms with Crippen LogP contribution in [0.4, 0.5) is 0 Å². The Kier molecular flexibility index (Phi) is 7.76. The Labute approximate surface area is 100 Å². The summed E-state index contributed by atoms with van der Waals surface area (Å²) in [6.07, 6.45) is 2.50. The number of hydrogen-bond acceptors (Lipinski definition) is 4. The molecule has 0 aromatic carbocycles. The summed E-state index contributed by atoms with van der Waals surface area (Å²) in [5, 5.41) is 6.97. The maximum absolute atomic E-state index is 3.49. The van der Waals surface area contributed by atoms with Crippen LogP contribution in [-0.2, 0) is 0 Å². The van der Waals surface area contributed by atoms with Crippen LogP contribution in [0, 0.1) is 0 Å². The molecule has 0 aromatic heterocycles. The van der Waals surface area contributed by atoms with Gasteiger partial charge in [0.05, 0.1) is 0 Å². The monoisotopic (exact) mass is 228 g/mol. The lowest BCUT2D eigenvalue weighted by Gasteiger charge is -2.21. The largest absolute Gasteiger partial charge is 0.315 e. The summed E-state index contributed by atoms with van der Waals surface area (Å²) < 4.78 is 0. The summed E-state index contributed by atoms with van der Waals surface area (Å²) in [4.78, 5) is 4.84. The van der Waals surface area contributed by atoms with Crippen molar-refractivity contribution in [2.75, 3.05) is 66.5 Å². The van der Waals surface area contributed by atoms with Gasteiger partial charge in [0.15, 0.2) is 0 Å². The van der Waals surface area contributed by atoms with E-state index in [9.17, 15) is 0 Å². The maximum atomic E-state index is 3.49. The molecule has 1 heterocycles. The van der Waals surface area contributed by atoms with E-state index in [1.807, 2.05) is 0 Å². The average molecular weight is 228 g/mol. The van der Waals surface area contributed by atoms with Crippen molar-refractivity contribution in [1.82, 2.24) is 20.4 Å². The Morgan fingerprint density at radius 3 is 1.62 bits per heavy atom. The van der Waals surface area contributed by atoms with Gasteiger partial charge in [0.1, 0.15) is 0 Å². The molecule has 0 spiro atoms. The van der Waals surface area contributed by atoms with Gasteiger partial charge in [-0.2, -0.15) is 0 Å². The molecule has 96 valence electrons. The minimum absolute atomic E-state index is 1.12. The second-order valence-corrected chi connectivity index (χ2v) is 4.81. The summed E-state index contributed by atoms with van der Waals surface area (Å²) in [5.41, 5.74) is 0. The molecule has 2 N–H and O–H groups in total. The van der Waals surface area contributed by atoms with Gasteiger partial charge in [-0.05, 0) is 53.1 Å². The van der Waals surface area contributed by atoms with E-state index in [4.69, 9.17) is 0 Å². The van der Waals surface area contributed by atoms with E-state index in [2.05, 4.69) is 34.5 Å². The van der Waals surface area contributed by atoms with Gasteiger partial charge in [-0.15, -0.1) is 0 Å². The fourth-order valence-corrected chi connectivity index (χ4v) is 1.96. The van der Waals surface area contributed by atoms with Crippen LogP contribution in [0.5, 0.6) is 0 Å². The predicted octanol–water partition coefficient (Wildman–Crippen LogP) is -0.177. The highest BCUT2D eigenvalue weighted by Crippen LogP contribution is 1.91. The molecular formula is C12H28N4. The van der Waals surface area contributed by atoms with Crippen LogP contribution in [0.15, 0.2) is 0 Å². The Hall–Kier alpha value is -0.160. The zero-order chi connectivity index (χ0) is 11.6. The van der Waals surface area contributed by atoms with Gasteiger partial charge in [-0.25, -0.2) is 0 Å². The molecule has 0 bridgehead atoms. The number of nitrogens with one attached hydrogen (secondary N) is 2. The van der Waals surface area contributed by atoms with Gasteiger partial charge < -0.3 is 20.4 Å². The molecule has 1 rings (SSSR count). The van der Waals surface area contributed by atoms with E-state index in [0.29, 0.717) is 0 Å². The zero-order valence-corrected chi connectivity index (χ0v) is 11.0. The molecule has 0 aliphatic carbocycles. The molecule has 0 radical (unpaired) electrons. The Morgan fingerprint density at radius 1 is 0.625 bits per heavy atom. The van der Waals surface area contributed by atoms with Crippen LogP contribution in [0.25, 0.3) is 0 Å². The molecule has 0 amide bonds. The van der Waals surface area contributed by atoms with Gasteiger partial charge in [0.2, 0.25) is 0 Å². The first-order valence-corrected chi connectivity index (χ1v) is 6.57. The quantitative estimate of drug-likeness (QED) is 0.602. The molecule has 1 aliphatic rings. The topological polar surface area (TPSA) is 30.5 Å². The van der Waals surface area contributed by atoms with E-state index >= 15 is 0 Å². The predicted molar refractivity (Wildman–Crippen MR) is 70.0 cm³/mol. The maximum Gasteiger partial charge on any atom is 0.0104 e. The summed E-state index contributed by atoms with van der Waals surface area (Å²) in [6, 6.07) is 0. The minimum atomic E-state index is 1.12. The van der Waals surface area contributed by atoms with Crippen LogP contribution >= 0.6 is 0 Å². The number of rotatable bonds is 0. The third-order valence-corrected chi connectivity index (χ3v) is 3.13. The summed E-state index contributed by atoms with van der Waals surface area (Å²) in [6.45, 7) is 9.25. The minimum Gasteiger partial charge on any atom is -0.315 e. The van der Waals surface area contributed by atoms with E-state index in [-0.39, 0.29) is 0 Å². The number of nitrogens with zero attached hydrogens (tertiary/aromatic N) is 2.